The SMILES string of the molecule is CN[C@@H](C)C(=O)N[C@H](C(=O)N(C(=O)[C@@H]1CCCN1)c1cc2c(Nc3ccc(N4CCC(N5CCN(C)CC5)CC4)cc3)ncnc2cc1OC)C(C)(C)C. The lowest BCUT2D eigenvalue weighted by Crippen LogP contribution is -2.60. The number of piperidine rings is 1. The lowest BCUT2D eigenvalue weighted by atomic mass is 9.85. The highest BCUT2D eigenvalue weighted by atomic mass is 16.5. The van der Waals surface area contributed by atoms with Crippen LogP contribution >= 0.6 is 0 Å². The summed E-state index contributed by atoms with van der Waals surface area (Å²) in [4.78, 5) is 60.0. The van der Waals surface area contributed by atoms with E-state index in [1.807, 2.05) is 32.9 Å². The maximum atomic E-state index is 14.7. The van der Waals surface area contributed by atoms with Gasteiger partial charge in [-0.1, -0.05) is 20.8 Å². The van der Waals surface area contributed by atoms with Crippen molar-refractivity contribution < 1.29 is 19.1 Å². The van der Waals surface area contributed by atoms with E-state index >= 15 is 0 Å². The van der Waals surface area contributed by atoms with Gasteiger partial charge in [-0.25, -0.2) is 14.9 Å². The highest BCUT2D eigenvalue weighted by Gasteiger charge is 2.42. The summed E-state index contributed by atoms with van der Waals surface area (Å²) in [5.74, 6) is -0.481. The highest BCUT2D eigenvalue weighted by molar-refractivity contribution is 6.20. The number of hydrogen-bond donors (Lipinski definition) is 4. The topological polar surface area (TPSA) is 147 Å². The van der Waals surface area contributed by atoms with Crippen molar-refractivity contribution in [3.8, 4) is 5.75 Å². The van der Waals surface area contributed by atoms with Gasteiger partial charge in [0.25, 0.3) is 11.8 Å². The average molecular weight is 743 g/mol. The Bertz CT molecular complexity index is 1780. The summed E-state index contributed by atoms with van der Waals surface area (Å²) in [6, 6.07) is 10.4. The first kappa shape index (κ1) is 39.3. The predicted molar refractivity (Wildman–Crippen MR) is 214 cm³/mol. The largest absolute Gasteiger partial charge is 0.494 e. The van der Waals surface area contributed by atoms with Crippen LogP contribution in [-0.2, 0) is 14.4 Å². The molecule has 3 aliphatic rings. The molecule has 0 spiro atoms. The molecule has 14 nitrogen and oxygen atoms in total. The summed E-state index contributed by atoms with van der Waals surface area (Å²) in [6.07, 6.45) is 5.20. The van der Waals surface area contributed by atoms with Crippen molar-refractivity contribution >= 4 is 51.5 Å². The summed E-state index contributed by atoms with van der Waals surface area (Å²) in [5.41, 5.74) is 2.14. The molecule has 3 fully saturated rings. The maximum Gasteiger partial charge on any atom is 0.257 e. The van der Waals surface area contributed by atoms with Gasteiger partial charge in [0.2, 0.25) is 5.91 Å². The molecule has 3 aliphatic heterocycles. The minimum absolute atomic E-state index is 0.257. The second kappa shape index (κ2) is 17.0. The molecule has 0 aliphatic carbocycles. The second-order valence-corrected chi connectivity index (χ2v) is 16.0. The van der Waals surface area contributed by atoms with E-state index in [-0.39, 0.29) is 11.6 Å². The van der Waals surface area contributed by atoms with Crippen LogP contribution < -0.4 is 35.8 Å². The van der Waals surface area contributed by atoms with Crippen LogP contribution in [0.5, 0.6) is 5.75 Å². The Balaban J connectivity index is 1.27. The summed E-state index contributed by atoms with van der Waals surface area (Å²) >= 11 is 0. The standard InChI is InChI=1S/C40H58N10O4/c1-26(41-5)37(51)46-35(40(2,3)4)39(53)50(38(52)31-9-8-16-42-31)33-23-30-32(24-34(33)54-7)43-25-44-36(30)45-27-10-12-28(13-11-27)48-17-14-29(15-18-48)49-21-19-47(6)20-22-49/h10-13,23-26,29,31,35,41-42H,8-9,14-22H2,1-7H3,(H,46,51)(H,43,44,45)/t26-,31-,35+/m0/s1. The van der Waals surface area contributed by atoms with Crippen LogP contribution in [0.1, 0.15) is 53.4 Å². The van der Waals surface area contributed by atoms with Gasteiger partial charge in [0.1, 0.15) is 23.9 Å². The molecule has 14 heteroatoms. The van der Waals surface area contributed by atoms with Crippen LogP contribution in [0.2, 0.25) is 0 Å². The molecule has 3 aromatic rings. The first-order chi connectivity index (χ1) is 25.9. The van der Waals surface area contributed by atoms with Gasteiger partial charge in [0.15, 0.2) is 0 Å². The molecule has 0 radical (unpaired) electrons. The zero-order chi connectivity index (χ0) is 38.6. The van der Waals surface area contributed by atoms with Gasteiger partial charge in [0.05, 0.1) is 30.4 Å². The molecule has 4 N–H and O–H groups in total. The average Bonchev–Trinajstić information content (AvgIpc) is 3.72. The summed E-state index contributed by atoms with van der Waals surface area (Å²) in [6.45, 7) is 14.6. The fourth-order valence-electron chi connectivity index (χ4n) is 7.65. The molecule has 54 heavy (non-hydrogen) atoms. The molecule has 3 amide bonds. The number of benzene rings is 2. The number of ether oxygens (including phenoxy) is 1. The number of aromatic nitrogens is 2. The van der Waals surface area contributed by atoms with Crippen LogP contribution in [0.15, 0.2) is 42.7 Å². The molecule has 0 unspecified atom stereocenters. The van der Waals surface area contributed by atoms with Gasteiger partial charge in [0, 0.05) is 68.1 Å². The lowest BCUT2D eigenvalue weighted by molar-refractivity contribution is -0.134. The molecule has 1 aromatic heterocycles. The van der Waals surface area contributed by atoms with Crippen LogP contribution in [0.3, 0.4) is 0 Å². The first-order valence-corrected chi connectivity index (χ1v) is 19.3. The summed E-state index contributed by atoms with van der Waals surface area (Å²) in [5, 5.41) is 13.2. The lowest BCUT2D eigenvalue weighted by Gasteiger charge is -2.42. The Kier molecular flexibility index (Phi) is 12.4. The number of rotatable bonds is 11. The number of carbonyl (C=O) groups excluding carboxylic acids is 3. The number of anilines is 4. The van der Waals surface area contributed by atoms with Crippen LogP contribution in [0.25, 0.3) is 10.9 Å². The Morgan fingerprint density at radius 3 is 2.30 bits per heavy atom. The molecule has 3 saturated heterocycles. The number of nitrogens with zero attached hydrogens (tertiary/aromatic N) is 6. The maximum absolute atomic E-state index is 14.7. The third-order valence-corrected chi connectivity index (χ3v) is 11.2. The quantitative estimate of drug-likeness (QED) is 0.229. The number of nitrogens with one attached hydrogen (secondary N) is 4. The Hall–Kier alpha value is -4.37. The van der Waals surface area contributed by atoms with Gasteiger partial charge in [-0.05, 0) is 89.0 Å². The molecule has 292 valence electrons. The fourth-order valence-corrected chi connectivity index (χ4v) is 7.65. The normalized spacial score (nSPS) is 20.1. The molecule has 0 saturated carbocycles. The number of hydrogen-bond acceptors (Lipinski definition) is 12. The third-order valence-electron chi connectivity index (χ3n) is 11.2. The van der Waals surface area contributed by atoms with Crippen LogP contribution in [0.4, 0.5) is 22.9 Å². The Labute approximate surface area is 319 Å². The number of carbonyl (C=O) groups is 3. The molecule has 6 rings (SSSR count). The molecular formula is C40H58N10O4. The number of amides is 3. The van der Waals surface area contributed by atoms with Crippen LogP contribution in [-0.4, -0.2) is 129 Å². The van der Waals surface area contributed by atoms with Crippen molar-refractivity contribution in [2.75, 3.05) is 82.1 Å². The zero-order valence-electron chi connectivity index (χ0n) is 32.9. The van der Waals surface area contributed by atoms with E-state index < -0.39 is 35.4 Å². The molecule has 3 atom stereocenters. The van der Waals surface area contributed by atoms with Crippen molar-refractivity contribution in [1.29, 1.82) is 0 Å². The van der Waals surface area contributed by atoms with Gasteiger partial charge in [-0.15, -0.1) is 0 Å². The third kappa shape index (κ3) is 8.78. The smallest absolute Gasteiger partial charge is 0.257 e. The molecule has 2 aromatic carbocycles. The minimum Gasteiger partial charge on any atom is -0.494 e. The number of fused-ring (bicyclic) bond motifs is 1. The summed E-state index contributed by atoms with van der Waals surface area (Å²) in [7, 11) is 5.38. The van der Waals surface area contributed by atoms with Crippen molar-refractivity contribution in [2.24, 2.45) is 5.41 Å². The number of likely N-dealkylation sites (N-methyl/N-ethyl adjacent to an activating group) is 2. The number of piperazine rings is 1. The van der Waals surface area contributed by atoms with E-state index in [2.05, 4.69) is 65.1 Å². The predicted octanol–water partition coefficient (Wildman–Crippen LogP) is 3.35. The minimum atomic E-state index is -1.02. The highest BCUT2D eigenvalue weighted by Crippen LogP contribution is 2.38. The van der Waals surface area contributed by atoms with E-state index in [0.29, 0.717) is 41.5 Å². The Morgan fingerprint density at radius 1 is 0.981 bits per heavy atom. The molecular weight excluding hydrogens is 685 g/mol. The van der Waals surface area contributed by atoms with Gasteiger partial charge in [-0.2, -0.15) is 0 Å². The molecule has 4 heterocycles. The van der Waals surface area contributed by atoms with Crippen molar-refractivity contribution in [3.63, 3.8) is 0 Å². The van der Waals surface area contributed by atoms with E-state index in [1.54, 1.807) is 26.1 Å². The van der Waals surface area contributed by atoms with E-state index in [9.17, 15) is 14.4 Å². The van der Waals surface area contributed by atoms with Crippen molar-refractivity contribution in [3.05, 3.63) is 42.7 Å². The van der Waals surface area contributed by atoms with E-state index in [4.69, 9.17) is 4.74 Å². The second-order valence-electron chi connectivity index (χ2n) is 16.0. The van der Waals surface area contributed by atoms with E-state index in [1.165, 1.54) is 36.9 Å². The van der Waals surface area contributed by atoms with Gasteiger partial charge in [-0.3, -0.25) is 19.3 Å². The monoisotopic (exact) mass is 742 g/mol. The first-order valence-electron chi connectivity index (χ1n) is 19.3. The Morgan fingerprint density at radius 2 is 1.69 bits per heavy atom. The van der Waals surface area contributed by atoms with E-state index in [0.717, 1.165) is 51.4 Å². The zero-order valence-corrected chi connectivity index (χ0v) is 32.9. The van der Waals surface area contributed by atoms with Crippen molar-refractivity contribution in [1.82, 2.24) is 35.7 Å². The van der Waals surface area contributed by atoms with Crippen LogP contribution in [0, 0.1) is 5.41 Å². The van der Waals surface area contributed by atoms with Gasteiger partial charge < -0.3 is 35.8 Å². The molecule has 0 bridgehead atoms. The number of methoxy groups -OCH3 is 1. The summed E-state index contributed by atoms with van der Waals surface area (Å²) < 4.78 is 5.82. The van der Waals surface area contributed by atoms with Gasteiger partial charge >= 0.3 is 0 Å². The van der Waals surface area contributed by atoms with Crippen molar-refractivity contribution in [2.45, 2.75) is 77.5 Å². The number of imide groups is 1. The fraction of sp³-hybridized carbons (Fsp3) is 0.575.